The fourth-order valence-corrected chi connectivity index (χ4v) is 3.40. The molecule has 1 aliphatic carbocycles. The van der Waals surface area contributed by atoms with Crippen molar-refractivity contribution < 1.29 is 13.6 Å². The molecule has 0 spiro atoms. The van der Waals surface area contributed by atoms with E-state index in [4.69, 9.17) is 4.42 Å². The van der Waals surface area contributed by atoms with Gasteiger partial charge in [-0.15, -0.1) is 0 Å². The van der Waals surface area contributed by atoms with Crippen LogP contribution >= 0.6 is 0 Å². The highest BCUT2D eigenvalue weighted by atomic mass is 19.1. The quantitative estimate of drug-likeness (QED) is 0.909. The van der Waals surface area contributed by atoms with E-state index in [1.165, 1.54) is 18.3 Å². The number of rotatable bonds is 3. The summed E-state index contributed by atoms with van der Waals surface area (Å²) in [5.41, 5.74) is 0.563. The van der Waals surface area contributed by atoms with Crippen LogP contribution in [0.5, 0.6) is 0 Å². The number of fused-ring (bicyclic) bond motifs is 2. The van der Waals surface area contributed by atoms with Crippen molar-refractivity contribution in [3.8, 4) is 11.3 Å². The topological polar surface area (TPSA) is 67.2 Å². The molecule has 1 saturated heterocycles. The smallest absolute Gasteiger partial charge is 0.307 e. The first-order valence-corrected chi connectivity index (χ1v) is 7.45. The normalized spacial score (nSPS) is 26.3. The van der Waals surface area contributed by atoms with E-state index in [0.717, 1.165) is 19.4 Å². The molecule has 2 heterocycles. The maximum atomic E-state index is 13.2. The largest absolute Gasteiger partial charge is 0.432 e. The summed E-state index contributed by atoms with van der Waals surface area (Å²) >= 11 is 0. The molecule has 2 N–H and O–H groups in total. The fraction of sp³-hybridized carbons (Fsp3) is 0.375. The Morgan fingerprint density at radius 1 is 1.41 bits per heavy atom. The number of hydrogen-bond acceptors (Lipinski definition) is 4. The number of aromatic nitrogens is 1. The molecule has 22 heavy (non-hydrogen) atoms. The van der Waals surface area contributed by atoms with E-state index in [1.807, 2.05) is 0 Å². The Labute approximate surface area is 126 Å². The Morgan fingerprint density at radius 3 is 3.05 bits per heavy atom. The number of halogens is 1. The number of benzene rings is 1. The van der Waals surface area contributed by atoms with Crippen molar-refractivity contribution in [2.75, 3.05) is 6.54 Å². The van der Waals surface area contributed by atoms with Crippen LogP contribution in [0.15, 0.2) is 34.9 Å². The molecule has 5 nitrogen and oxygen atoms in total. The van der Waals surface area contributed by atoms with E-state index in [1.54, 1.807) is 12.1 Å². The highest BCUT2D eigenvalue weighted by Crippen LogP contribution is 2.31. The SMILES string of the molecule is O=C(NC1CC2CNC1C2)c1ncc(-c2cccc(F)c2)o1. The first-order valence-electron chi connectivity index (χ1n) is 7.45. The molecule has 3 unspecified atom stereocenters. The van der Waals surface area contributed by atoms with Crippen molar-refractivity contribution in [3.05, 3.63) is 42.2 Å². The summed E-state index contributed by atoms with van der Waals surface area (Å²) in [6.45, 7) is 1.04. The van der Waals surface area contributed by atoms with Crippen LogP contribution in [0, 0.1) is 11.7 Å². The van der Waals surface area contributed by atoms with Crippen LogP contribution in [0.25, 0.3) is 11.3 Å². The van der Waals surface area contributed by atoms with Gasteiger partial charge in [-0.2, -0.15) is 0 Å². The third-order valence-electron chi connectivity index (χ3n) is 4.45. The van der Waals surface area contributed by atoms with Crippen molar-refractivity contribution >= 4 is 5.91 Å². The van der Waals surface area contributed by atoms with Crippen LogP contribution in [0.2, 0.25) is 0 Å². The van der Waals surface area contributed by atoms with Crippen molar-refractivity contribution in [2.45, 2.75) is 24.9 Å². The van der Waals surface area contributed by atoms with Gasteiger partial charge in [0.1, 0.15) is 5.82 Å². The van der Waals surface area contributed by atoms with Gasteiger partial charge in [-0.05, 0) is 37.4 Å². The average Bonchev–Trinajstić information content (AvgIpc) is 3.23. The number of carbonyl (C=O) groups excluding carboxylic acids is 1. The van der Waals surface area contributed by atoms with Crippen molar-refractivity contribution in [1.29, 1.82) is 0 Å². The third kappa shape index (κ3) is 2.39. The summed E-state index contributed by atoms with van der Waals surface area (Å²) in [6, 6.07) is 6.50. The Kier molecular flexibility index (Phi) is 3.18. The van der Waals surface area contributed by atoms with Gasteiger partial charge in [0, 0.05) is 17.6 Å². The second-order valence-corrected chi connectivity index (χ2v) is 5.97. The molecule has 2 fully saturated rings. The van der Waals surface area contributed by atoms with Gasteiger partial charge in [-0.25, -0.2) is 9.37 Å². The highest BCUT2D eigenvalue weighted by molar-refractivity contribution is 5.90. The summed E-state index contributed by atoms with van der Waals surface area (Å²) in [5, 5.41) is 6.36. The number of amides is 1. The van der Waals surface area contributed by atoms with E-state index in [2.05, 4.69) is 15.6 Å². The van der Waals surface area contributed by atoms with E-state index >= 15 is 0 Å². The van der Waals surface area contributed by atoms with Crippen LogP contribution in [-0.2, 0) is 0 Å². The molecule has 114 valence electrons. The molecular weight excluding hydrogens is 285 g/mol. The van der Waals surface area contributed by atoms with Crippen LogP contribution in [0.1, 0.15) is 23.5 Å². The van der Waals surface area contributed by atoms with Crippen molar-refractivity contribution in [3.63, 3.8) is 0 Å². The summed E-state index contributed by atoms with van der Waals surface area (Å²) in [4.78, 5) is 16.2. The molecular formula is C16H16FN3O2. The standard InChI is InChI=1S/C16H16FN3O2/c17-11-3-1-2-10(6-11)14-8-19-16(22-14)15(21)20-13-5-9-4-12(13)18-7-9/h1-3,6,8-9,12-13,18H,4-5,7H2,(H,20,21). The molecule has 3 atom stereocenters. The average molecular weight is 301 g/mol. The Morgan fingerprint density at radius 2 is 2.32 bits per heavy atom. The molecule has 2 aromatic rings. The summed E-state index contributed by atoms with van der Waals surface area (Å²) < 4.78 is 18.7. The van der Waals surface area contributed by atoms with Gasteiger partial charge in [0.25, 0.3) is 5.89 Å². The molecule has 4 rings (SSSR count). The lowest BCUT2D eigenvalue weighted by atomic mass is 10.1. The predicted molar refractivity (Wildman–Crippen MR) is 77.7 cm³/mol. The Balaban J connectivity index is 1.48. The zero-order chi connectivity index (χ0) is 15.1. The number of oxazole rings is 1. The third-order valence-corrected chi connectivity index (χ3v) is 4.45. The minimum absolute atomic E-state index is 0.0158. The molecule has 0 radical (unpaired) electrons. The minimum atomic E-state index is -0.354. The molecule has 2 bridgehead atoms. The van der Waals surface area contributed by atoms with E-state index < -0.39 is 0 Å². The number of carbonyl (C=O) groups is 1. The van der Waals surface area contributed by atoms with Gasteiger partial charge in [0.2, 0.25) is 0 Å². The van der Waals surface area contributed by atoms with Crippen molar-refractivity contribution in [2.24, 2.45) is 5.92 Å². The minimum Gasteiger partial charge on any atom is -0.432 e. The lowest BCUT2D eigenvalue weighted by molar-refractivity contribution is 0.0894. The highest BCUT2D eigenvalue weighted by Gasteiger charge is 2.40. The summed E-state index contributed by atoms with van der Waals surface area (Å²) in [7, 11) is 0. The molecule has 1 aliphatic heterocycles. The monoisotopic (exact) mass is 301 g/mol. The number of nitrogens with one attached hydrogen (secondary N) is 2. The first kappa shape index (κ1) is 13.5. The molecule has 1 aromatic carbocycles. The lowest BCUT2D eigenvalue weighted by Crippen LogP contribution is -2.48. The molecule has 1 saturated carbocycles. The van der Waals surface area contributed by atoms with E-state index in [0.29, 0.717) is 23.3 Å². The molecule has 1 aromatic heterocycles. The molecule has 2 aliphatic rings. The van der Waals surface area contributed by atoms with Gasteiger partial charge in [-0.1, -0.05) is 12.1 Å². The van der Waals surface area contributed by atoms with Crippen molar-refractivity contribution in [1.82, 2.24) is 15.6 Å². The molecule has 1 amide bonds. The predicted octanol–water partition coefficient (Wildman–Crippen LogP) is 1.96. The Hall–Kier alpha value is -2.21. The van der Waals surface area contributed by atoms with Crippen LogP contribution in [0.3, 0.4) is 0 Å². The summed E-state index contributed by atoms with van der Waals surface area (Å²) in [5.74, 6) is 0.385. The van der Waals surface area contributed by atoms with E-state index in [-0.39, 0.29) is 23.7 Å². The lowest BCUT2D eigenvalue weighted by Gasteiger charge is -2.23. The second-order valence-electron chi connectivity index (χ2n) is 5.97. The fourth-order valence-electron chi connectivity index (χ4n) is 3.40. The maximum Gasteiger partial charge on any atom is 0.307 e. The number of nitrogens with zero attached hydrogens (tertiary/aromatic N) is 1. The number of hydrogen-bond donors (Lipinski definition) is 2. The zero-order valence-corrected chi connectivity index (χ0v) is 11.9. The maximum absolute atomic E-state index is 13.2. The zero-order valence-electron chi connectivity index (χ0n) is 11.9. The van der Waals surface area contributed by atoms with Gasteiger partial charge >= 0.3 is 5.91 Å². The van der Waals surface area contributed by atoms with Crippen LogP contribution < -0.4 is 10.6 Å². The summed E-state index contributed by atoms with van der Waals surface area (Å²) in [6.07, 6.45) is 3.56. The van der Waals surface area contributed by atoms with Gasteiger partial charge < -0.3 is 15.1 Å². The van der Waals surface area contributed by atoms with Gasteiger partial charge in [0.05, 0.1) is 6.20 Å². The van der Waals surface area contributed by atoms with E-state index in [9.17, 15) is 9.18 Å². The van der Waals surface area contributed by atoms with Crippen LogP contribution in [0.4, 0.5) is 4.39 Å². The number of piperidine rings is 1. The van der Waals surface area contributed by atoms with Crippen LogP contribution in [-0.4, -0.2) is 29.5 Å². The molecule has 6 heteroatoms. The first-order chi connectivity index (χ1) is 10.7. The van der Waals surface area contributed by atoms with Gasteiger partial charge in [0.15, 0.2) is 5.76 Å². The second kappa shape index (κ2) is 5.21. The van der Waals surface area contributed by atoms with Gasteiger partial charge in [-0.3, -0.25) is 4.79 Å². The Bertz CT molecular complexity index is 715.